The van der Waals surface area contributed by atoms with E-state index in [-0.39, 0.29) is 37.4 Å². The molecular weight excluding hydrogens is 466 g/mol. The number of nitriles is 1. The van der Waals surface area contributed by atoms with Crippen molar-refractivity contribution < 1.29 is 18.0 Å². The molecule has 1 aromatic rings. The first-order valence-electron chi connectivity index (χ1n) is 12.7. The molecule has 0 spiro atoms. The van der Waals surface area contributed by atoms with Crippen molar-refractivity contribution in [3.8, 4) is 6.07 Å². The average Bonchev–Trinajstić information content (AvgIpc) is 3.57. The molecule has 0 unspecified atom stereocenters. The topological polar surface area (TPSA) is 114 Å². The van der Waals surface area contributed by atoms with Crippen molar-refractivity contribution in [3.05, 3.63) is 35.4 Å². The van der Waals surface area contributed by atoms with Crippen LogP contribution < -0.4 is 5.32 Å². The molecule has 35 heavy (non-hydrogen) atoms. The van der Waals surface area contributed by atoms with Crippen LogP contribution in [0, 0.1) is 23.2 Å². The first-order chi connectivity index (χ1) is 16.9. The quantitative estimate of drug-likeness (QED) is 0.612. The second-order valence-corrected chi connectivity index (χ2v) is 12.2. The minimum absolute atomic E-state index is 0.130. The van der Waals surface area contributed by atoms with E-state index in [2.05, 4.69) is 35.7 Å². The smallest absolute Gasteiger partial charge is 0.282 e. The minimum Gasteiger partial charge on any atom is -0.350 e. The SMILES string of the molecule is N#CC1CN(S(=O)(=O)N2CCC[C@H](C(=O)N3CCC[C@@H]3C(=O)NCc3ccc(C4CC4)cc3)C2)C1. The summed E-state index contributed by atoms with van der Waals surface area (Å²) in [7, 11) is -3.67. The molecule has 3 heterocycles. The number of carbonyl (C=O) groups is 2. The van der Waals surface area contributed by atoms with Crippen molar-refractivity contribution in [1.29, 1.82) is 5.26 Å². The Labute approximate surface area is 207 Å². The fourth-order valence-corrected chi connectivity index (χ4v) is 7.19. The van der Waals surface area contributed by atoms with E-state index >= 15 is 0 Å². The maximum Gasteiger partial charge on any atom is 0.282 e. The minimum atomic E-state index is -3.67. The average molecular weight is 500 g/mol. The number of likely N-dealkylation sites (tertiary alicyclic amines) is 1. The van der Waals surface area contributed by atoms with Crippen LogP contribution in [0.3, 0.4) is 0 Å². The Hall–Kier alpha value is -2.48. The molecule has 1 saturated carbocycles. The highest BCUT2D eigenvalue weighted by atomic mass is 32.2. The fraction of sp³-hybridized carbons (Fsp3) is 0.640. The fourth-order valence-electron chi connectivity index (χ4n) is 5.39. The maximum absolute atomic E-state index is 13.4. The molecule has 0 bridgehead atoms. The highest BCUT2D eigenvalue weighted by Crippen LogP contribution is 2.39. The van der Waals surface area contributed by atoms with Gasteiger partial charge >= 0.3 is 0 Å². The van der Waals surface area contributed by atoms with Gasteiger partial charge in [-0.15, -0.1) is 0 Å². The van der Waals surface area contributed by atoms with E-state index in [1.165, 1.54) is 27.0 Å². The van der Waals surface area contributed by atoms with E-state index in [9.17, 15) is 18.0 Å². The van der Waals surface area contributed by atoms with E-state index in [4.69, 9.17) is 5.26 Å². The molecule has 0 aromatic heterocycles. The number of piperidine rings is 1. The summed E-state index contributed by atoms with van der Waals surface area (Å²) in [5.74, 6) is -0.287. The number of rotatable bonds is 7. The molecule has 1 N–H and O–H groups in total. The Morgan fingerprint density at radius 3 is 2.37 bits per heavy atom. The Bertz CT molecular complexity index is 1110. The van der Waals surface area contributed by atoms with Gasteiger partial charge in [0.05, 0.1) is 17.9 Å². The van der Waals surface area contributed by atoms with Crippen LogP contribution in [0.2, 0.25) is 0 Å². The number of carbonyl (C=O) groups excluding carboxylic acids is 2. The number of amides is 2. The first-order valence-corrected chi connectivity index (χ1v) is 14.1. The van der Waals surface area contributed by atoms with Gasteiger partial charge in [0.2, 0.25) is 11.8 Å². The van der Waals surface area contributed by atoms with Crippen LogP contribution in [-0.2, 0) is 26.3 Å². The normalized spacial score (nSPS) is 26.2. The maximum atomic E-state index is 13.4. The van der Waals surface area contributed by atoms with Gasteiger partial charge in [0, 0.05) is 39.3 Å². The highest BCUT2D eigenvalue weighted by Gasteiger charge is 2.44. The summed E-state index contributed by atoms with van der Waals surface area (Å²) in [5.41, 5.74) is 2.39. The van der Waals surface area contributed by atoms with Crippen molar-refractivity contribution in [3.63, 3.8) is 0 Å². The summed E-state index contributed by atoms with van der Waals surface area (Å²) in [5, 5.41) is 11.9. The van der Waals surface area contributed by atoms with Gasteiger partial charge in [0.15, 0.2) is 0 Å². The zero-order chi connectivity index (χ0) is 24.6. The second kappa shape index (κ2) is 9.88. The van der Waals surface area contributed by atoms with Gasteiger partial charge < -0.3 is 10.2 Å². The predicted octanol–water partition coefficient (Wildman–Crippen LogP) is 1.58. The van der Waals surface area contributed by atoms with Crippen LogP contribution in [-0.4, -0.2) is 72.5 Å². The lowest BCUT2D eigenvalue weighted by molar-refractivity contribution is -0.142. The van der Waals surface area contributed by atoms with Gasteiger partial charge in [-0.3, -0.25) is 9.59 Å². The van der Waals surface area contributed by atoms with E-state index < -0.39 is 22.2 Å². The molecule has 1 aliphatic carbocycles. The van der Waals surface area contributed by atoms with Crippen LogP contribution in [0.5, 0.6) is 0 Å². The van der Waals surface area contributed by atoms with Gasteiger partial charge in [-0.2, -0.15) is 22.3 Å². The number of hydrogen-bond acceptors (Lipinski definition) is 5. The molecule has 10 heteroatoms. The largest absolute Gasteiger partial charge is 0.350 e. The van der Waals surface area contributed by atoms with Crippen molar-refractivity contribution in [2.45, 2.75) is 57.0 Å². The van der Waals surface area contributed by atoms with E-state index in [0.29, 0.717) is 44.8 Å². The van der Waals surface area contributed by atoms with Gasteiger partial charge in [-0.1, -0.05) is 24.3 Å². The Balaban J connectivity index is 1.16. The molecule has 4 aliphatic rings. The molecule has 5 rings (SSSR count). The molecule has 0 radical (unpaired) electrons. The number of nitrogens with one attached hydrogen (secondary N) is 1. The monoisotopic (exact) mass is 499 g/mol. The molecular formula is C25H33N5O4S. The van der Waals surface area contributed by atoms with Crippen LogP contribution >= 0.6 is 0 Å². The van der Waals surface area contributed by atoms with Crippen molar-refractivity contribution in [2.75, 3.05) is 32.7 Å². The van der Waals surface area contributed by atoms with Crippen LogP contribution in [0.25, 0.3) is 0 Å². The van der Waals surface area contributed by atoms with Crippen LogP contribution in [0.15, 0.2) is 24.3 Å². The standard InChI is InChI=1S/C25H33N5O4S/c26-13-19-15-29(16-19)35(33,34)28-11-1-3-22(17-28)25(32)30-12-2-4-23(30)24(31)27-14-18-5-7-20(8-6-18)21-9-10-21/h5-8,19,21-23H,1-4,9-12,14-17H2,(H,27,31)/t22-,23+/m0/s1. The van der Waals surface area contributed by atoms with E-state index in [1.54, 1.807) is 4.90 Å². The molecule has 3 aliphatic heterocycles. The molecule has 188 valence electrons. The Kier molecular flexibility index (Phi) is 6.84. The number of benzene rings is 1. The predicted molar refractivity (Wildman–Crippen MR) is 129 cm³/mol. The van der Waals surface area contributed by atoms with E-state index in [1.807, 2.05) is 0 Å². The lowest BCUT2D eigenvalue weighted by Crippen LogP contribution is -2.57. The summed E-state index contributed by atoms with van der Waals surface area (Å²) in [6.45, 7) is 1.89. The van der Waals surface area contributed by atoms with Gasteiger partial charge in [0.1, 0.15) is 6.04 Å². The zero-order valence-corrected chi connectivity index (χ0v) is 20.8. The van der Waals surface area contributed by atoms with Gasteiger partial charge in [-0.25, -0.2) is 0 Å². The van der Waals surface area contributed by atoms with Crippen LogP contribution in [0.1, 0.15) is 55.6 Å². The third-order valence-corrected chi connectivity index (χ3v) is 9.69. The number of hydrogen-bond donors (Lipinski definition) is 1. The van der Waals surface area contributed by atoms with Gasteiger partial charge in [-0.05, 0) is 55.6 Å². The third kappa shape index (κ3) is 5.08. The van der Waals surface area contributed by atoms with Gasteiger partial charge in [0.25, 0.3) is 10.2 Å². The summed E-state index contributed by atoms with van der Waals surface area (Å²) in [6, 6.07) is 9.96. The molecule has 4 fully saturated rings. The lowest BCUT2D eigenvalue weighted by atomic mass is 9.97. The highest BCUT2D eigenvalue weighted by molar-refractivity contribution is 7.86. The van der Waals surface area contributed by atoms with Crippen molar-refractivity contribution in [1.82, 2.24) is 18.8 Å². The van der Waals surface area contributed by atoms with Crippen molar-refractivity contribution in [2.24, 2.45) is 11.8 Å². The summed E-state index contributed by atoms with van der Waals surface area (Å²) in [4.78, 5) is 28.0. The Morgan fingerprint density at radius 2 is 1.69 bits per heavy atom. The summed E-state index contributed by atoms with van der Waals surface area (Å²) in [6.07, 6.45) is 5.11. The number of nitrogens with zero attached hydrogens (tertiary/aromatic N) is 4. The van der Waals surface area contributed by atoms with E-state index in [0.717, 1.165) is 12.0 Å². The summed E-state index contributed by atoms with van der Waals surface area (Å²) < 4.78 is 28.5. The first kappa shape index (κ1) is 24.2. The molecule has 3 saturated heterocycles. The lowest BCUT2D eigenvalue weighted by Gasteiger charge is -2.41. The molecule has 2 amide bonds. The second-order valence-electron chi connectivity index (χ2n) is 10.3. The molecule has 2 atom stereocenters. The zero-order valence-electron chi connectivity index (χ0n) is 19.9. The summed E-state index contributed by atoms with van der Waals surface area (Å²) >= 11 is 0. The Morgan fingerprint density at radius 1 is 0.971 bits per heavy atom. The molecule has 9 nitrogen and oxygen atoms in total. The third-order valence-electron chi connectivity index (χ3n) is 7.75. The molecule has 1 aromatic carbocycles. The van der Waals surface area contributed by atoms with Crippen molar-refractivity contribution >= 4 is 22.0 Å². The van der Waals surface area contributed by atoms with Crippen LogP contribution in [0.4, 0.5) is 0 Å².